The van der Waals surface area contributed by atoms with Gasteiger partial charge in [0.2, 0.25) is 70.9 Å². The summed E-state index contributed by atoms with van der Waals surface area (Å²) >= 11 is 1.27. The number of likely N-dealkylation sites (tertiary alicyclic amines) is 1. The average molecular weight is 1290 g/mol. The third-order valence-electron chi connectivity index (χ3n) is 14.2. The van der Waals surface area contributed by atoms with Crippen LogP contribution < -0.4 is 64.6 Å². The summed E-state index contributed by atoms with van der Waals surface area (Å²) in [6.45, 7) is 4.60. The number of aromatic amines is 1. The number of aromatic nitrogens is 1. The first-order chi connectivity index (χ1) is 42.3. The molecule has 498 valence electrons. The van der Waals surface area contributed by atoms with Crippen molar-refractivity contribution in [1.29, 1.82) is 0 Å². The van der Waals surface area contributed by atoms with E-state index in [-0.39, 0.29) is 38.0 Å². The number of fused-ring (bicyclic) bond motifs is 1. The van der Waals surface area contributed by atoms with Gasteiger partial charge in [-0.05, 0) is 82.4 Å². The largest absolute Gasteiger partial charge is 0.481 e. The summed E-state index contributed by atoms with van der Waals surface area (Å²) in [5.74, 6) is -16.5. The zero-order chi connectivity index (χ0) is 67.7. The minimum atomic E-state index is -1.81. The fraction of sp³-hybridized carbons (Fsp3) is 0.582. The summed E-state index contributed by atoms with van der Waals surface area (Å²) in [7, 11) is 0. The van der Waals surface area contributed by atoms with E-state index >= 15 is 0 Å². The molecular formula is C55H82N14O20S. The number of hydrogen-bond donors (Lipinski definition) is 18. The molecule has 0 saturated carbocycles. The highest BCUT2D eigenvalue weighted by molar-refractivity contribution is 7.98. The summed E-state index contributed by atoms with van der Waals surface area (Å²) in [5, 5.41) is 72.5. The van der Waals surface area contributed by atoms with E-state index in [0.717, 1.165) is 4.90 Å². The predicted molar refractivity (Wildman–Crippen MR) is 318 cm³/mol. The SMILES string of the molecule is CSCC[C@H](NC(=O)[C@H](CO)NC(=O)[C@H](Cc1c[nH]c2ccccc12)NC(=O)[C@H](C)NC(=O)[C@H](CC(N)=O)NC(=O)[C@H](C)NC(=O)[C@@H](NC(=O)[C@H](CCC(=O)O)NC(=O)[C@@H](N)CCC(=O)O)C(C)C)C(=O)N[C@@H](CO)C(=O)N1CCC[C@H]1C(=O)N[C@@H](C)C(=O)O. The maximum absolute atomic E-state index is 14.3. The number of carboxylic acids is 3. The Morgan fingerprint density at radius 1 is 0.589 bits per heavy atom. The molecule has 90 heavy (non-hydrogen) atoms. The molecule has 3 rings (SSSR count). The Kier molecular flexibility index (Phi) is 30.5. The van der Waals surface area contributed by atoms with Crippen molar-refractivity contribution in [2.24, 2.45) is 17.4 Å². The van der Waals surface area contributed by atoms with Crippen LogP contribution in [0.2, 0.25) is 0 Å². The second-order valence-corrected chi connectivity index (χ2v) is 22.7. The van der Waals surface area contributed by atoms with Crippen LogP contribution in [0.25, 0.3) is 10.9 Å². The lowest BCUT2D eigenvalue weighted by molar-refractivity contribution is -0.145. The number of aliphatic hydroxyl groups excluding tert-OH is 2. The van der Waals surface area contributed by atoms with Gasteiger partial charge in [0.15, 0.2) is 0 Å². The number of aliphatic hydroxyl groups is 2. The zero-order valence-electron chi connectivity index (χ0n) is 50.5. The molecule has 1 aromatic heterocycles. The number of H-pyrrole nitrogens is 1. The number of rotatable bonds is 38. The topological polar surface area (TPSA) is 549 Å². The molecule has 20 N–H and O–H groups in total. The van der Waals surface area contributed by atoms with E-state index in [2.05, 4.69) is 58.2 Å². The van der Waals surface area contributed by atoms with Gasteiger partial charge in [-0.2, -0.15) is 11.8 Å². The van der Waals surface area contributed by atoms with Crippen molar-refractivity contribution in [3.63, 3.8) is 0 Å². The van der Waals surface area contributed by atoms with E-state index in [1.54, 1.807) is 36.7 Å². The Hall–Kier alpha value is -8.96. The fourth-order valence-electron chi connectivity index (χ4n) is 9.07. The van der Waals surface area contributed by atoms with Gasteiger partial charge in [0.1, 0.15) is 66.5 Å². The first-order valence-electron chi connectivity index (χ1n) is 28.6. The molecule has 1 saturated heterocycles. The molecule has 0 unspecified atom stereocenters. The summed E-state index contributed by atoms with van der Waals surface area (Å²) < 4.78 is 0. The van der Waals surface area contributed by atoms with Crippen LogP contribution in [0, 0.1) is 5.92 Å². The molecule has 2 heterocycles. The normalized spacial score (nSPS) is 16.5. The van der Waals surface area contributed by atoms with Gasteiger partial charge in [-0.25, -0.2) is 0 Å². The Balaban J connectivity index is 1.79. The summed E-state index contributed by atoms with van der Waals surface area (Å²) in [6, 6.07) is -11.3. The number of nitrogens with zero attached hydrogens (tertiary/aromatic N) is 1. The van der Waals surface area contributed by atoms with Crippen LogP contribution in [-0.4, -0.2) is 228 Å². The van der Waals surface area contributed by atoms with Crippen LogP contribution in [-0.2, 0) is 78.3 Å². The lowest BCUT2D eigenvalue weighted by Gasteiger charge is -2.29. The van der Waals surface area contributed by atoms with E-state index in [1.807, 2.05) is 0 Å². The van der Waals surface area contributed by atoms with Crippen molar-refractivity contribution in [3.05, 3.63) is 36.0 Å². The Labute approximate surface area is 520 Å². The third-order valence-corrected chi connectivity index (χ3v) is 14.9. The maximum Gasteiger partial charge on any atom is 0.325 e. The lowest BCUT2D eigenvalue weighted by Crippen LogP contribution is -2.61. The molecule has 2 aromatic rings. The molecule has 1 aliphatic heterocycles. The van der Waals surface area contributed by atoms with Crippen molar-refractivity contribution in [2.45, 2.75) is 165 Å². The molecule has 35 heteroatoms. The summed E-state index contributed by atoms with van der Waals surface area (Å²) in [4.78, 5) is 200. The monoisotopic (exact) mass is 1290 g/mol. The zero-order valence-corrected chi connectivity index (χ0v) is 51.3. The Bertz CT molecular complexity index is 2950. The van der Waals surface area contributed by atoms with E-state index < -0.39 is 206 Å². The minimum Gasteiger partial charge on any atom is -0.481 e. The maximum atomic E-state index is 14.3. The lowest BCUT2D eigenvalue weighted by atomic mass is 10.0. The molecule has 0 aliphatic carbocycles. The van der Waals surface area contributed by atoms with Crippen molar-refractivity contribution in [2.75, 3.05) is 31.8 Å². The molecule has 1 aliphatic rings. The highest BCUT2D eigenvalue weighted by Gasteiger charge is 2.40. The van der Waals surface area contributed by atoms with Gasteiger partial charge < -0.3 is 100 Å². The van der Waals surface area contributed by atoms with Gasteiger partial charge in [0, 0.05) is 42.9 Å². The van der Waals surface area contributed by atoms with Gasteiger partial charge in [-0.3, -0.25) is 71.9 Å². The van der Waals surface area contributed by atoms with Crippen molar-refractivity contribution in [3.8, 4) is 0 Å². The quantitative estimate of drug-likeness (QED) is 0.0298. The number of carbonyl (C=O) groups excluding carboxylic acids is 12. The van der Waals surface area contributed by atoms with Crippen LogP contribution >= 0.6 is 11.8 Å². The molecular weight excluding hydrogens is 1210 g/mol. The standard InChI is InChI=1S/C55H82N14O20S/c1-25(2)43(68-48(81)33(14-16-42(75)76)62-46(79)31(56)13-15-41(73)74)53(86)60-27(4)45(78)65-36(21-40(57)72)49(82)59-26(3)44(77)64-35(20-29-22-58-32-11-8-7-10-30(29)32)50(83)66-37(23-70)51(84)63-34(17-19-90-6)47(80)67-38(24-71)54(87)69-18-9-12-39(69)52(85)61-28(5)55(88)89/h7-8,10-11,22,25-28,31,33-39,43,58,70-71H,9,12-21,23-24,56H2,1-6H3,(H2,57,72)(H,59,82)(H,60,86)(H,61,85)(H,62,79)(H,63,84)(H,64,77)(H,65,78)(H,66,83)(H,67,80)(H,68,81)(H,73,74)(H,75,76)(H,88,89)/t26-,27-,28-,31-,33-,34-,35-,36-,37-,38-,39-,43-/m0/s1. The number of hydrogen-bond acceptors (Lipinski definition) is 19. The smallest absolute Gasteiger partial charge is 0.325 e. The number of nitrogens with one attached hydrogen (secondary N) is 11. The molecule has 0 bridgehead atoms. The van der Waals surface area contributed by atoms with Gasteiger partial charge >= 0.3 is 17.9 Å². The van der Waals surface area contributed by atoms with E-state index in [9.17, 15) is 92.3 Å². The first-order valence-corrected chi connectivity index (χ1v) is 30.0. The molecule has 12 atom stereocenters. The Morgan fingerprint density at radius 3 is 1.67 bits per heavy atom. The van der Waals surface area contributed by atoms with Crippen LogP contribution in [0.4, 0.5) is 0 Å². The second-order valence-electron chi connectivity index (χ2n) is 21.7. The van der Waals surface area contributed by atoms with E-state index in [4.69, 9.17) is 16.6 Å². The van der Waals surface area contributed by atoms with Crippen molar-refractivity contribution < 1.29 is 97.5 Å². The number of amides is 12. The number of para-hydroxylation sites is 1. The molecule has 0 radical (unpaired) electrons. The average Bonchev–Trinajstić information content (AvgIpc) is 1.86. The number of carbonyl (C=O) groups is 15. The van der Waals surface area contributed by atoms with Gasteiger partial charge in [-0.1, -0.05) is 32.0 Å². The van der Waals surface area contributed by atoms with Crippen LogP contribution in [0.15, 0.2) is 30.5 Å². The van der Waals surface area contributed by atoms with Crippen LogP contribution in [0.1, 0.15) is 91.5 Å². The molecule has 1 fully saturated rings. The second kappa shape index (κ2) is 36.5. The van der Waals surface area contributed by atoms with Gasteiger partial charge in [-0.15, -0.1) is 0 Å². The number of thioether (sulfide) groups is 1. The number of aliphatic carboxylic acids is 3. The highest BCUT2D eigenvalue weighted by Crippen LogP contribution is 2.21. The molecule has 12 amide bonds. The number of benzene rings is 1. The predicted octanol–water partition coefficient (Wildman–Crippen LogP) is -5.98. The van der Waals surface area contributed by atoms with Gasteiger partial charge in [0.25, 0.3) is 0 Å². The van der Waals surface area contributed by atoms with Crippen LogP contribution in [0.5, 0.6) is 0 Å². The highest BCUT2D eigenvalue weighted by atomic mass is 32.2. The van der Waals surface area contributed by atoms with E-state index in [1.165, 1.54) is 46.4 Å². The molecule has 1 aromatic carbocycles. The van der Waals surface area contributed by atoms with Gasteiger partial charge in [0.05, 0.1) is 25.7 Å². The number of nitrogens with two attached hydrogens (primary N) is 2. The van der Waals surface area contributed by atoms with Crippen molar-refractivity contribution in [1.82, 2.24) is 63.1 Å². The van der Waals surface area contributed by atoms with Crippen molar-refractivity contribution >= 4 is 111 Å². The number of carboxylic acid groups (broad SMARTS) is 3. The summed E-state index contributed by atoms with van der Waals surface area (Å²) in [6.07, 6.45) is 0.624. The summed E-state index contributed by atoms with van der Waals surface area (Å²) in [5.41, 5.74) is 12.3. The first kappa shape index (κ1) is 75.3. The Morgan fingerprint density at radius 2 is 1.09 bits per heavy atom. The number of primary amides is 1. The van der Waals surface area contributed by atoms with E-state index in [0.29, 0.717) is 22.9 Å². The fourth-order valence-corrected chi connectivity index (χ4v) is 9.54. The molecule has 0 spiro atoms. The third kappa shape index (κ3) is 23.5. The minimum absolute atomic E-state index is 0.0364. The molecule has 34 nitrogen and oxygen atoms in total. The van der Waals surface area contributed by atoms with Crippen LogP contribution in [0.3, 0.4) is 0 Å².